The Labute approximate surface area is 385 Å². The van der Waals surface area contributed by atoms with Gasteiger partial charge in [0.15, 0.2) is 18.2 Å². The average molecular weight is 930 g/mol. The zero-order chi connectivity index (χ0) is 46.6. The summed E-state index contributed by atoms with van der Waals surface area (Å²) in [5.74, 6) is -1.94. The molecule has 1 saturated carbocycles. The van der Waals surface area contributed by atoms with E-state index in [1.807, 2.05) is 32.0 Å². The molecule has 0 unspecified atom stereocenters. The predicted molar refractivity (Wildman–Crippen MR) is 243 cm³/mol. The van der Waals surface area contributed by atoms with Crippen molar-refractivity contribution in [3.8, 4) is 5.75 Å². The number of aryl methyl sites for hydroxylation is 1. The van der Waals surface area contributed by atoms with Gasteiger partial charge in [0.2, 0.25) is 17.8 Å². The fourth-order valence-electron chi connectivity index (χ4n) is 10.2. The SMILES string of the molecule is CNC(=O)COc1cc2cc(Nc3nc(N4CCC(OC5CC(N6CC[C@H](c7cc(C)c8c(c7F)CN([C@H]7CCC(=O)NC7=O)C8=O)[C@H](F)C6)C5)CC4)ncc3Cl)ccc2n(C(C)C)c1=O. The number of likely N-dealkylation sites (tertiary alicyclic amines) is 1. The minimum atomic E-state index is -1.29. The van der Waals surface area contributed by atoms with Crippen LogP contribution < -0.4 is 31.1 Å². The van der Waals surface area contributed by atoms with Crippen LogP contribution in [0.25, 0.3) is 10.9 Å². The van der Waals surface area contributed by atoms with Crippen LogP contribution >= 0.6 is 11.6 Å². The standard InChI is InChI=1S/C47H54ClF2N9O7/c1-24(2)59-36-6-5-27(16-26(36)17-38(45(59)63)65-23-40(61)51-4)53-43-34(48)20-52-47(55-43)56-12-9-29(10-13-56)66-30-18-28(19-30)57-14-11-31(35(49)22-57)32-15-25(3)41-33(42(32)50)21-58(46(41)64)37-7-8-39(60)54-44(37)62/h5-6,15-17,20,24,28-31,35,37H,7-14,18-19,21-23H2,1-4H3,(H,51,61)(H,52,53,55)(H,54,60,62)/t28?,30?,31-,35-,37+/m1/s1. The third kappa shape index (κ3) is 8.82. The van der Waals surface area contributed by atoms with Crippen LogP contribution in [0.4, 0.5) is 26.2 Å². The maximum absolute atomic E-state index is 16.2. The summed E-state index contributed by atoms with van der Waals surface area (Å²) in [4.78, 5) is 77.6. The van der Waals surface area contributed by atoms with Crippen LogP contribution in [0.2, 0.25) is 5.02 Å². The van der Waals surface area contributed by atoms with Gasteiger partial charge in [0, 0.05) is 67.7 Å². The summed E-state index contributed by atoms with van der Waals surface area (Å²) in [5.41, 5.74) is 2.33. The number of imide groups is 1. The number of ether oxygens (including phenoxy) is 2. The van der Waals surface area contributed by atoms with Crippen molar-refractivity contribution in [2.24, 2.45) is 0 Å². The first-order chi connectivity index (χ1) is 31.7. The Kier molecular flexibility index (Phi) is 12.7. The number of rotatable bonds is 12. The van der Waals surface area contributed by atoms with Gasteiger partial charge in [-0.05, 0) is 101 Å². The lowest BCUT2D eigenvalue weighted by molar-refractivity contribution is -0.137. The van der Waals surface area contributed by atoms with Crippen molar-refractivity contribution < 1.29 is 37.4 Å². The second kappa shape index (κ2) is 18.5. The average Bonchev–Trinajstić information content (AvgIpc) is 3.63. The van der Waals surface area contributed by atoms with E-state index in [2.05, 4.69) is 30.7 Å². The van der Waals surface area contributed by atoms with E-state index in [9.17, 15) is 24.0 Å². The number of nitrogens with one attached hydrogen (secondary N) is 3. The van der Waals surface area contributed by atoms with Crippen molar-refractivity contribution in [3.05, 3.63) is 80.0 Å². The molecule has 9 rings (SSSR count). The van der Waals surface area contributed by atoms with E-state index in [0.717, 1.165) is 31.1 Å². The van der Waals surface area contributed by atoms with Gasteiger partial charge in [-0.1, -0.05) is 17.7 Å². The van der Waals surface area contributed by atoms with Crippen LogP contribution in [0.5, 0.6) is 5.75 Å². The Morgan fingerprint density at radius 1 is 1.03 bits per heavy atom. The molecular formula is C47H54ClF2N9O7. The number of nitrogens with zero attached hydrogens (tertiary/aromatic N) is 6. The van der Waals surface area contributed by atoms with Crippen molar-refractivity contribution in [1.29, 1.82) is 0 Å². The van der Waals surface area contributed by atoms with Gasteiger partial charge in [0.25, 0.3) is 17.4 Å². The number of alkyl halides is 1. The number of benzene rings is 2. The van der Waals surface area contributed by atoms with E-state index in [4.69, 9.17) is 26.1 Å². The highest BCUT2D eigenvalue weighted by molar-refractivity contribution is 6.33. The van der Waals surface area contributed by atoms with Gasteiger partial charge in [-0.2, -0.15) is 4.98 Å². The van der Waals surface area contributed by atoms with E-state index in [0.29, 0.717) is 59.6 Å². The first-order valence-electron chi connectivity index (χ1n) is 22.7. The number of pyridine rings is 1. The van der Waals surface area contributed by atoms with Gasteiger partial charge in [-0.3, -0.25) is 34.2 Å². The Balaban J connectivity index is 0.763. The molecule has 2 aromatic carbocycles. The summed E-state index contributed by atoms with van der Waals surface area (Å²) in [7, 11) is 1.50. The van der Waals surface area contributed by atoms with Crippen molar-refractivity contribution >= 4 is 63.6 Å². The monoisotopic (exact) mass is 929 g/mol. The lowest BCUT2D eigenvalue weighted by atomic mass is 9.81. The number of hydrogen-bond donors (Lipinski definition) is 3. The second-order valence-corrected chi connectivity index (χ2v) is 18.7. The van der Waals surface area contributed by atoms with Gasteiger partial charge >= 0.3 is 0 Å². The summed E-state index contributed by atoms with van der Waals surface area (Å²) in [5, 5.41) is 9.14. The molecule has 350 valence electrons. The Morgan fingerprint density at radius 3 is 2.52 bits per heavy atom. The Hall–Kier alpha value is -5.72. The van der Waals surface area contributed by atoms with E-state index >= 15 is 8.78 Å². The molecule has 6 heterocycles. The van der Waals surface area contributed by atoms with Gasteiger partial charge in [-0.25, -0.2) is 13.8 Å². The Bertz CT molecular complexity index is 2650. The minimum absolute atomic E-state index is 0.0617. The van der Waals surface area contributed by atoms with E-state index < -0.39 is 41.7 Å². The molecule has 4 aromatic rings. The van der Waals surface area contributed by atoms with Crippen molar-refractivity contribution in [2.75, 3.05) is 50.1 Å². The minimum Gasteiger partial charge on any atom is -0.478 e. The van der Waals surface area contributed by atoms with Crippen LogP contribution in [0.3, 0.4) is 0 Å². The molecule has 3 saturated heterocycles. The topological polar surface area (TPSA) is 180 Å². The number of aromatic nitrogens is 3. The summed E-state index contributed by atoms with van der Waals surface area (Å²) >= 11 is 6.59. The predicted octanol–water partition coefficient (Wildman–Crippen LogP) is 5.45. The number of piperidine rings is 3. The summed E-state index contributed by atoms with van der Waals surface area (Å²) in [6.45, 7) is 7.34. The third-order valence-electron chi connectivity index (χ3n) is 13.8. The quantitative estimate of drug-likeness (QED) is 0.153. The number of likely N-dealkylation sites (N-methyl/N-ethyl adjacent to an activating group) is 1. The fourth-order valence-corrected chi connectivity index (χ4v) is 10.3. The largest absolute Gasteiger partial charge is 0.478 e. The molecule has 3 N–H and O–H groups in total. The number of anilines is 3. The zero-order valence-electron chi connectivity index (χ0n) is 37.4. The molecule has 5 aliphatic rings. The van der Waals surface area contributed by atoms with Crippen molar-refractivity contribution in [1.82, 2.24) is 35.0 Å². The van der Waals surface area contributed by atoms with Crippen LogP contribution in [-0.2, 0) is 25.7 Å². The molecule has 0 bridgehead atoms. The summed E-state index contributed by atoms with van der Waals surface area (Å²) in [6, 6.07) is 7.96. The number of hydrogen-bond acceptors (Lipinski definition) is 12. The molecule has 2 aromatic heterocycles. The summed E-state index contributed by atoms with van der Waals surface area (Å²) in [6.07, 6.45) is 4.29. The fraction of sp³-hybridized carbons (Fsp3) is 0.511. The molecule has 16 nitrogen and oxygen atoms in total. The molecule has 0 radical (unpaired) electrons. The van der Waals surface area contributed by atoms with E-state index in [1.165, 1.54) is 11.9 Å². The highest BCUT2D eigenvalue weighted by Crippen LogP contribution is 2.41. The maximum atomic E-state index is 16.2. The molecule has 4 amide bonds. The van der Waals surface area contributed by atoms with Gasteiger partial charge in [0.05, 0.1) is 36.0 Å². The molecule has 19 heteroatoms. The smallest absolute Gasteiger partial charge is 0.293 e. The molecule has 0 spiro atoms. The molecule has 66 heavy (non-hydrogen) atoms. The number of fused-ring (bicyclic) bond motifs is 2. The second-order valence-electron chi connectivity index (χ2n) is 18.3. The molecule has 4 fully saturated rings. The first-order valence-corrected chi connectivity index (χ1v) is 23.1. The normalized spacial score (nSPS) is 23.8. The van der Waals surface area contributed by atoms with Crippen molar-refractivity contribution in [2.45, 2.75) is 115 Å². The molecule has 1 aliphatic carbocycles. The molecular weight excluding hydrogens is 876 g/mol. The summed E-state index contributed by atoms with van der Waals surface area (Å²) < 4.78 is 46.0. The number of halogens is 3. The Morgan fingerprint density at radius 2 is 1.80 bits per heavy atom. The van der Waals surface area contributed by atoms with Crippen LogP contribution in [0.1, 0.15) is 97.8 Å². The number of amides is 4. The third-order valence-corrected chi connectivity index (χ3v) is 14.1. The number of carbonyl (C=O) groups is 4. The van der Waals surface area contributed by atoms with Crippen LogP contribution in [0, 0.1) is 12.7 Å². The van der Waals surface area contributed by atoms with Gasteiger partial charge in [-0.15, -0.1) is 0 Å². The maximum Gasteiger partial charge on any atom is 0.293 e. The van der Waals surface area contributed by atoms with Crippen LogP contribution in [0.15, 0.2) is 41.3 Å². The van der Waals surface area contributed by atoms with E-state index in [1.54, 1.807) is 29.8 Å². The van der Waals surface area contributed by atoms with Crippen LogP contribution in [-0.4, -0.2) is 118 Å². The molecule has 4 aliphatic heterocycles. The first kappa shape index (κ1) is 45.4. The van der Waals surface area contributed by atoms with Gasteiger partial charge in [0.1, 0.15) is 23.1 Å². The number of carbonyl (C=O) groups excluding carboxylic acids is 4. The lowest BCUT2D eigenvalue weighted by Gasteiger charge is -2.47. The highest BCUT2D eigenvalue weighted by atomic mass is 35.5. The zero-order valence-corrected chi connectivity index (χ0v) is 38.1. The van der Waals surface area contributed by atoms with Crippen molar-refractivity contribution in [3.63, 3.8) is 0 Å². The molecule has 3 atom stereocenters. The van der Waals surface area contributed by atoms with E-state index in [-0.39, 0.29) is 90.7 Å². The van der Waals surface area contributed by atoms with Gasteiger partial charge < -0.3 is 34.5 Å². The highest BCUT2D eigenvalue weighted by Gasteiger charge is 2.45. The lowest BCUT2D eigenvalue weighted by Crippen LogP contribution is -2.54.